The molecule has 1 fully saturated rings. The number of aryl methyl sites for hydroxylation is 1. The highest BCUT2D eigenvalue weighted by Crippen LogP contribution is 2.15. The molecule has 0 unspecified atom stereocenters. The lowest BCUT2D eigenvalue weighted by atomic mass is 10.2. The van der Waals surface area contributed by atoms with Crippen LogP contribution in [-0.2, 0) is 11.2 Å². The van der Waals surface area contributed by atoms with E-state index < -0.39 is 6.04 Å². The predicted octanol–water partition coefficient (Wildman–Crippen LogP) is 0.708. The molecule has 3 heterocycles. The Morgan fingerprint density at radius 3 is 2.83 bits per heavy atom. The van der Waals surface area contributed by atoms with E-state index in [4.69, 9.17) is 4.52 Å². The van der Waals surface area contributed by atoms with Gasteiger partial charge in [0.1, 0.15) is 11.7 Å². The molecule has 1 aliphatic rings. The van der Waals surface area contributed by atoms with E-state index in [1.54, 1.807) is 12.1 Å². The number of hydrogen-bond acceptors (Lipinski definition) is 7. The van der Waals surface area contributed by atoms with Gasteiger partial charge in [-0.05, 0) is 25.5 Å². The van der Waals surface area contributed by atoms with Gasteiger partial charge in [-0.1, -0.05) is 12.1 Å². The molecule has 0 spiro atoms. The fourth-order valence-electron chi connectivity index (χ4n) is 2.29. The Bertz CT molecular complexity index is 726. The van der Waals surface area contributed by atoms with E-state index in [0.29, 0.717) is 24.5 Å². The fraction of sp³-hybridized carbons (Fsp3) is 0.429. The lowest BCUT2D eigenvalue weighted by Gasteiger charge is -2.10. The molecule has 120 valence electrons. The Morgan fingerprint density at radius 2 is 2.13 bits per heavy atom. The van der Waals surface area contributed by atoms with Crippen molar-refractivity contribution in [2.45, 2.75) is 32.7 Å². The maximum absolute atomic E-state index is 12.2. The summed E-state index contributed by atoms with van der Waals surface area (Å²) in [6.45, 7) is 4.13. The van der Waals surface area contributed by atoms with Gasteiger partial charge in [-0.25, -0.2) is 4.79 Å². The summed E-state index contributed by atoms with van der Waals surface area (Å²) in [5.74, 6) is 0.292. The van der Waals surface area contributed by atoms with Crippen LogP contribution in [0, 0.1) is 6.92 Å². The third kappa shape index (κ3) is 3.03. The summed E-state index contributed by atoms with van der Waals surface area (Å²) in [5, 5.41) is 14.4. The Balaban J connectivity index is 1.71. The minimum absolute atomic E-state index is 0.150. The highest BCUT2D eigenvalue weighted by atomic mass is 16.5. The Kier molecular flexibility index (Phi) is 4.00. The van der Waals surface area contributed by atoms with Gasteiger partial charge in [-0.2, -0.15) is 10.1 Å². The number of amides is 3. The highest BCUT2D eigenvalue weighted by Gasteiger charge is 2.38. The summed E-state index contributed by atoms with van der Waals surface area (Å²) < 4.78 is 5.14. The third-order valence-corrected chi connectivity index (χ3v) is 3.43. The molecule has 0 bridgehead atoms. The quantitative estimate of drug-likeness (QED) is 0.808. The second-order valence-corrected chi connectivity index (χ2v) is 5.27. The lowest BCUT2D eigenvalue weighted by Crippen LogP contribution is -2.33. The fourth-order valence-corrected chi connectivity index (χ4v) is 2.29. The molecule has 3 rings (SSSR count). The van der Waals surface area contributed by atoms with Gasteiger partial charge in [-0.3, -0.25) is 9.69 Å². The van der Waals surface area contributed by atoms with Gasteiger partial charge < -0.3 is 9.84 Å². The predicted molar refractivity (Wildman–Crippen MR) is 78.1 cm³/mol. The molecule has 9 nitrogen and oxygen atoms in total. The van der Waals surface area contributed by atoms with Crippen LogP contribution in [0.3, 0.4) is 0 Å². The van der Waals surface area contributed by atoms with E-state index >= 15 is 0 Å². The van der Waals surface area contributed by atoms with Crippen molar-refractivity contribution in [2.24, 2.45) is 0 Å². The molecule has 0 radical (unpaired) electrons. The molecule has 1 N–H and O–H groups in total. The molecule has 1 aliphatic heterocycles. The van der Waals surface area contributed by atoms with Crippen molar-refractivity contribution < 1.29 is 14.1 Å². The molecule has 2 aromatic heterocycles. The van der Waals surface area contributed by atoms with Crippen molar-refractivity contribution in [3.8, 4) is 11.5 Å². The van der Waals surface area contributed by atoms with E-state index in [0.717, 1.165) is 5.69 Å². The van der Waals surface area contributed by atoms with Gasteiger partial charge in [0.25, 0.3) is 5.91 Å². The van der Waals surface area contributed by atoms with Gasteiger partial charge in [0.2, 0.25) is 11.7 Å². The van der Waals surface area contributed by atoms with Crippen molar-refractivity contribution in [1.82, 2.24) is 30.6 Å². The normalized spacial score (nSPS) is 17.7. The number of carbonyl (C=O) groups excluding carboxylic acids is 2. The molecular formula is C14H16N6O3. The van der Waals surface area contributed by atoms with Crippen molar-refractivity contribution in [3.63, 3.8) is 0 Å². The smallest absolute Gasteiger partial charge is 0.324 e. The molecule has 0 aromatic carbocycles. The van der Waals surface area contributed by atoms with E-state index in [2.05, 4.69) is 25.7 Å². The molecule has 9 heteroatoms. The summed E-state index contributed by atoms with van der Waals surface area (Å²) in [5.41, 5.74) is 1.27. The van der Waals surface area contributed by atoms with Crippen LogP contribution in [0.4, 0.5) is 4.79 Å². The first-order valence-corrected chi connectivity index (χ1v) is 7.33. The van der Waals surface area contributed by atoms with Crippen molar-refractivity contribution in [2.75, 3.05) is 6.54 Å². The van der Waals surface area contributed by atoms with Crippen LogP contribution in [0.5, 0.6) is 0 Å². The number of urea groups is 1. The van der Waals surface area contributed by atoms with E-state index in [-0.39, 0.29) is 24.2 Å². The first kappa shape index (κ1) is 15.1. The number of aromatic nitrogens is 4. The summed E-state index contributed by atoms with van der Waals surface area (Å²) >= 11 is 0. The van der Waals surface area contributed by atoms with Crippen molar-refractivity contribution >= 4 is 11.9 Å². The molecule has 0 saturated carbocycles. The van der Waals surface area contributed by atoms with Gasteiger partial charge in [-0.15, -0.1) is 5.10 Å². The van der Waals surface area contributed by atoms with Gasteiger partial charge >= 0.3 is 6.03 Å². The van der Waals surface area contributed by atoms with Crippen LogP contribution in [0.1, 0.15) is 24.9 Å². The van der Waals surface area contributed by atoms with Gasteiger partial charge in [0.15, 0.2) is 0 Å². The first-order valence-electron chi connectivity index (χ1n) is 7.33. The van der Waals surface area contributed by atoms with Gasteiger partial charge in [0, 0.05) is 6.54 Å². The zero-order valence-electron chi connectivity index (χ0n) is 12.8. The van der Waals surface area contributed by atoms with Gasteiger partial charge in [0.05, 0.1) is 12.1 Å². The topological polar surface area (TPSA) is 114 Å². The molecule has 2 aromatic rings. The minimum atomic E-state index is -0.675. The zero-order valence-corrected chi connectivity index (χ0v) is 12.8. The number of nitrogens with one attached hydrogen (secondary N) is 1. The molecule has 1 atom stereocenters. The zero-order chi connectivity index (χ0) is 16.4. The molecule has 1 saturated heterocycles. The van der Waals surface area contributed by atoms with Crippen LogP contribution in [0.2, 0.25) is 0 Å². The number of imide groups is 1. The summed E-state index contributed by atoms with van der Waals surface area (Å²) in [7, 11) is 0. The average molecular weight is 316 g/mol. The third-order valence-electron chi connectivity index (χ3n) is 3.43. The largest absolute Gasteiger partial charge is 0.339 e. The van der Waals surface area contributed by atoms with Crippen LogP contribution < -0.4 is 5.32 Å². The van der Waals surface area contributed by atoms with Crippen LogP contribution in [-0.4, -0.2) is 49.8 Å². The average Bonchev–Trinajstić information content (AvgIpc) is 3.09. The highest BCUT2D eigenvalue weighted by molar-refractivity contribution is 6.04. The second kappa shape index (κ2) is 6.11. The van der Waals surface area contributed by atoms with Crippen LogP contribution >= 0.6 is 0 Å². The molecular weight excluding hydrogens is 300 g/mol. The monoisotopic (exact) mass is 316 g/mol. The molecule has 23 heavy (non-hydrogen) atoms. The number of hydrogen-bond donors (Lipinski definition) is 1. The maximum Gasteiger partial charge on any atom is 0.324 e. The Hall–Kier alpha value is -2.84. The number of rotatable bonds is 5. The minimum Gasteiger partial charge on any atom is -0.339 e. The van der Waals surface area contributed by atoms with Crippen molar-refractivity contribution in [1.29, 1.82) is 0 Å². The standard InChI is InChI=1S/C14H16N6O3/c1-3-6-20-13(21)10(15-14(20)22)7-11-16-12(19-23-11)9-5-4-8(2)17-18-9/h4-5,10H,3,6-7H2,1-2H3,(H,15,22)/t10-/m0/s1. The summed E-state index contributed by atoms with van der Waals surface area (Å²) in [4.78, 5) is 29.3. The van der Waals surface area contributed by atoms with E-state index in [1.807, 2.05) is 13.8 Å². The molecule has 0 aliphatic carbocycles. The van der Waals surface area contributed by atoms with Crippen LogP contribution in [0.25, 0.3) is 11.5 Å². The van der Waals surface area contributed by atoms with E-state index in [1.165, 1.54) is 4.90 Å². The van der Waals surface area contributed by atoms with E-state index in [9.17, 15) is 9.59 Å². The summed E-state index contributed by atoms with van der Waals surface area (Å²) in [6.07, 6.45) is 0.861. The maximum atomic E-state index is 12.2. The van der Waals surface area contributed by atoms with Crippen molar-refractivity contribution in [3.05, 3.63) is 23.7 Å². The molecule has 3 amide bonds. The first-order chi connectivity index (χ1) is 11.1. The lowest BCUT2D eigenvalue weighted by molar-refractivity contribution is -0.127. The Labute approximate surface area is 132 Å². The summed E-state index contributed by atoms with van der Waals surface area (Å²) in [6, 6.07) is 2.47. The second-order valence-electron chi connectivity index (χ2n) is 5.27. The van der Waals surface area contributed by atoms with Crippen LogP contribution in [0.15, 0.2) is 16.7 Å². The number of carbonyl (C=O) groups is 2. The Morgan fingerprint density at radius 1 is 1.30 bits per heavy atom. The SMILES string of the molecule is CCCN1C(=O)N[C@@H](Cc2nc(-c3ccc(C)nn3)no2)C1=O. The number of nitrogens with zero attached hydrogens (tertiary/aromatic N) is 5.